The van der Waals surface area contributed by atoms with Gasteiger partial charge >= 0.3 is 0 Å². The summed E-state index contributed by atoms with van der Waals surface area (Å²) in [7, 11) is 0. The average Bonchev–Trinajstić information content (AvgIpc) is 2.71. The molecule has 17 heavy (non-hydrogen) atoms. The second kappa shape index (κ2) is 8.61. The van der Waals surface area contributed by atoms with Crippen molar-refractivity contribution in [1.29, 1.82) is 0 Å². The summed E-state index contributed by atoms with van der Waals surface area (Å²) in [5.41, 5.74) is 1.08. The summed E-state index contributed by atoms with van der Waals surface area (Å²) in [4.78, 5) is 4.52. The van der Waals surface area contributed by atoms with Crippen LogP contribution in [0.3, 0.4) is 0 Å². The third-order valence-corrected chi connectivity index (χ3v) is 3.29. The van der Waals surface area contributed by atoms with Gasteiger partial charge in [0.25, 0.3) is 0 Å². The number of nitrogens with one attached hydrogen (secondary N) is 1. The van der Waals surface area contributed by atoms with Crippen LogP contribution in [0.5, 0.6) is 0 Å². The number of ether oxygens (including phenoxy) is 1. The van der Waals surface area contributed by atoms with Crippen molar-refractivity contribution in [2.75, 3.05) is 13.2 Å². The molecule has 0 saturated heterocycles. The monoisotopic (exact) mass is 256 g/mol. The molecule has 1 heterocycles. The van der Waals surface area contributed by atoms with Gasteiger partial charge in [-0.25, -0.2) is 4.98 Å². The first-order chi connectivity index (χ1) is 8.22. The number of aryl methyl sites for hydroxylation is 1. The number of rotatable bonds is 9. The molecule has 98 valence electrons. The Balaban J connectivity index is 2.05. The molecule has 0 bridgehead atoms. The van der Waals surface area contributed by atoms with Crippen LogP contribution in [-0.2, 0) is 17.8 Å². The number of nitrogens with zero attached hydrogens (tertiary/aromatic N) is 1. The van der Waals surface area contributed by atoms with Crippen LogP contribution in [0.15, 0.2) is 5.38 Å². The van der Waals surface area contributed by atoms with E-state index in [2.05, 4.69) is 36.5 Å². The summed E-state index contributed by atoms with van der Waals surface area (Å²) in [6, 6.07) is 0.560. The fourth-order valence-electron chi connectivity index (χ4n) is 1.49. The van der Waals surface area contributed by atoms with Crippen LogP contribution >= 0.6 is 11.3 Å². The van der Waals surface area contributed by atoms with Gasteiger partial charge in [0.2, 0.25) is 0 Å². The molecular formula is C13H24N2OS. The van der Waals surface area contributed by atoms with Gasteiger partial charge in [0, 0.05) is 18.0 Å². The number of hydrogen-bond acceptors (Lipinski definition) is 4. The molecule has 0 spiro atoms. The highest BCUT2D eigenvalue weighted by atomic mass is 32.1. The molecule has 0 fully saturated rings. The highest BCUT2D eigenvalue weighted by molar-refractivity contribution is 7.09. The van der Waals surface area contributed by atoms with E-state index >= 15 is 0 Å². The van der Waals surface area contributed by atoms with E-state index in [1.807, 2.05) is 0 Å². The van der Waals surface area contributed by atoms with Gasteiger partial charge in [0.05, 0.1) is 17.3 Å². The summed E-state index contributed by atoms with van der Waals surface area (Å²) in [5.74, 6) is 0. The van der Waals surface area contributed by atoms with Crippen LogP contribution in [0.4, 0.5) is 0 Å². The minimum absolute atomic E-state index is 0.560. The lowest BCUT2D eigenvalue weighted by molar-refractivity contribution is 0.116. The zero-order valence-corrected chi connectivity index (χ0v) is 12.0. The first kappa shape index (κ1) is 14.6. The molecule has 1 N–H and O–H groups in total. The zero-order chi connectivity index (χ0) is 12.5. The van der Waals surface area contributed by atoms with Crippen LogP contribution in [0, 0.1) is 0 Å². The van der Waals surface area contributed by atoms with E-state index in [0.29, 0.717) is 12.6 Å². The smallest absolute Gasteiger partial charge is 0.0929 e. The molecule has 0 unspecified atom stereocenters. The van der Waals surface area contributed by atoms with Crippen molar-refractivity contribution in [3.63, 3.8) is 0 Å². The van der Waals surface area contributed by atoms with Crippen LogP contribution < -0.4 is 5.32 Å². The Bertz CT molecular complexity index is 299. The van der Waals surface area contributed by atoms with Crippen LogP contribution in [0.2, 0.25) is 0 Å². The van der Waals surface area contributed by atoms with E-state index in [1.165, 1.54) is 5.01 Å². The van der Waals surface area contributed by atoms with E-state index in [4.69, 9.17) is 4.74 Å². The molecule has 0 radical (unpaired) electrons. The molecule has 1 aromatic heterocycles. The predicted octanol–water partition coefficient (Wildman–Crippen LogP) is 3.00. The molecule has 3 nitrogen and oxygen atoms in total. The van der Waals surface area contributed by atoms with Crippen molar-refractivity contribution in [3.05, 3.63) is 16.1 Å². The molecule has 1 aromatic rings. The Morgan fingerprint density at radius 3 is 3.00 bits per heavy atom. The number of thiazole rings is 1. The number of hydrogen-bond donors (Lipinski definition) is 1. The van der Waals surface area contributed by atoms with Gasteiger partial charge in [-0.15, -0.1) is 11.3 Å². The summed E-state index contributed by atoms with van der Waals surface area (Å²) in [6.45, 7) is 8.98. The Labute approximate surface area is 109 Å². The molecule has 0 saturated carbocycles. The van der Waals surface area contributed by atoms with Gasteiger partial charge in [-0.05, 0) is 25.8 Å². The minimum Gasteiger partial charge on any atom is -0.375 e. The second-order valence-electron chi connectivity index (χ2n) is 4.50. The van der Waals surface area contributed by atoms with Crippen LogP contribution in [0.1, 0.15) is 44.3 Å². The van der Waals surface area contributed by atoms with Crippen molar-refractivity contribution in [2.24, 2.45) is 0 Å². The van der Waals surface area contributed by atoms with Crippen molar-refractivity contribution in [3.8, 4) is 0 Å². The first-order valence-corrected chi connectivity index (χ1v) is 7.34. The van der Waals surface area contributed by atoms with Gasteiger partial charge in [-0.1, -0.05) is 20.8 Å². The SMILES string of the molecule is CCCc1nc(COCCCNC(C)C)cs1. The maximum atomic E-state index is 5.60. The lowest BCUT2D eigenvalue weighted by atomic mass is 10.3. The van der Waals surface area contributed by atoms with Crippen molar-refractivity contribution < 1.29 is 4.74 Å². The van der Waals surface area contributed by atoms with Gasteiger partial charge in [-0.3, -0.25) is 0 Å². The largest absolute Gasteiger partial charge is 0.375 e. The fraction of sp³-hybridized carbons (Fsp3) is 0.769. The van der Waals surface area contributed by atoms with Gasteiger partial charge in [-0.2, -0.15) is 0 Å². The first-order valence-electron chi connectivity index (χ1n) is 6.46. The quantitative estimate of drug-likeness (QED) is 0.690. The molecule has 4 heteroatoms. The Hall–Kier alpha value is -0.450. The average molecular weight is 256 g/mol. The highest BCUT2D eigenvalue weighted by Crippen LogP contribution is 2.12. The second-order valence-corrected chi connectivity index (χ2v) is 5.44. The van der Waals surface area contributed by atoms with Crippen LogP contribution in [-0.4, -0.2) is 24.2 Å². The Morgan fingerprint density at radius 1 is 1.47 bits per heavy atom. The molecule has 0 amide bonds. The molecule has 0 aromatic carbocycles. The Morgan fingerprint density at radius 2 is 2.29 bits per heavy atom. The van der Waals surface area contributed by atoms with E-state index in [0.717, 1.165) is 38.1 Å². The zero-order valence-electron chi connectivity index (χ0n) is 11.2. The standard InChI is InChI=1S/C13H24N2OS/c1-4-6-13-15-12(10-17-13)9-16-8-5-7-14-11(2)3/h10-11,14H,4-9H2,1-3H3. The van der Waals surface area contributed by atoms with Crippen molar-refractivity contribution >= 4 is 11.3 Å². The predicted molar refractivity (Wildman–Crippen MR) is 73.5 cm³/mol. The maximum absolute atomic E-state index is 5.60. The van der Waals surface area contributed by atoms with Crippen molar-refractivity contribution in [2.45, 2.75) is 52.7 Å². The number of aromatic nitrogens is 1. The summed E-state index contributed by atoms with van der Waals surface area (Å²) in [6.07, 6.45) is 3.31. The van der Waals surface area contributed by atoms with E-state index in [9.17, 15) is 0 Å². The molecule has 1 rings (SSSR count). The molecular weight excluding hydrogens is 232 g/mol. The topological polar surface area (TPSA) is 34.1 Å². The fourth-order valence-corrected chi connectivity index (χ4v) is 2.37. The lowest BCUT2D eigenvalue weighted by Gasteiger charge is -2.07. The molecule has 0 aliphatic carbocycles. The van der Waals surface area contributed by atoms with E-state index < -0.39 is 0 Å². The maximum Gasteiger partial charge on any atom is 0.0929 e. The van der Waals surface area contributed by atoms with E-state index in [-0.39, 0.29) is 0 Å². The van der Waals surface area contributed by atoms with Crippen molar-refractivity contribution in [1.82, 2.24) is 10.3 Å². The third kappa shape index (κ3) is 6.76. The van der Waals surface area contributed by atoms with Gasteiger partial charge in [0.15, 0.2) is 0 Å². The molecule has 0 aliphatic rings. The molecule has 0 aliphatic heterocycles. The summed E-state index contributed by atoms with van der Waals surface area (Å²) >= 11 is 1.74. The Kier molecular flexibility index (Phi) is 7.40. The minimum atomic E-state index is 0.560. The molecule has 0 atom stereocenters. The van der Waals surface area contributed by atoms with Crippen LogP contribution in [0.25, 0.3) is 0 Å². The summed E-state index contributed by atoms with van der Waals surface area (Å²) in [5, 5.41) is 6.71. The highest BCUT2D eigenvalue weighted by Gasteiger charge is 2.01. The van der Waals surface area contributed by atoms with Gasteiger partial charge in [0.1, 0.15) is 0 Å². The summed E-state index contributed by atoms with van der Waals surface area (Å²) < 4.78 is 5.60. The van der Waals surface area contributed by atoms with Gasteiger partial charge < -0.3 is 10.1 Å². The third-order valence-electron chi connectivity index (χ3n) is 2.33. The van der Waals surface area contributed by atoms with E-state index in [1.54, 1.807) is 11.3 Å². The lowest BCUT2D eigenvalue weighted by Crippen LogP contribution is -2.24. The normalized spacial score (nSPS) is 11.3.